The highest BCUT2D eigenvalue weighted by atomic mass is 35.5. The van der Waals surface area contributed by atoms with Crippen molar-refractivity contribution in [1.29, 1.82) is 0 Å². The van der Waals surface area contributed by atoms with E-state index < -0.39 is 0 Å². The molecule has 0 unspecified atom stereocenters. The van der Waals surface area contributed by atoms with Crippen LogP contribution in [0.15, 0.2) is 47.5 Å². The second-order valence-corrected chi connectivity index (χ2v) is 7.19. The Morgan fingerprint density at radius 1 is 1.32 bits per heavy atom. The van der Waals surface area contributed by atoms with Crippen molar-refractivity contribution in [1.82, 2.24) is 9.88 Å². The fraction of sp³-hybridized carbons (Fsp3) is 0.0588. The molecule has 5 nitrogen and oxygen atoms in total. The third-order valence-corrected chi connectivity index (χ3v) is 5.25. The number of pyridine rings is 1. The third-order valence-electron chi connectivity index (χ3n) is 3.46. The smallest absolute Gasteiger partial charge is 0.265 e. The lowest BCUT2D eigenvalue weighted by molar-refractivity contribution is -0.121. The minimum Gasteiger partial charge on any atom is -0.319 e. The molecule has 1 aromatic carbocycles. The van der Waals surface area contributed by atoms with Crippen molar-refractivity contribution >= 4 is 63.5 Å². The molecule has 1 aliphatic rings. The minimum atomic E-state index is -0.290. The summed E-state index contributed by atoms with van der Waals surface area (Å²) >= 11 is 12.3. The Morgan fingerprint density at radius 2 is 2.04 bits per heavy atom. The maximum Gasteiger partial charge on any atom is 0.265 e. The average molecular weight is 390 g/mol. The number of hydrogen-bond acceptors (Lipinski definition) is 5. The van der Waals surface area contributed by atoms with E-state index in [4.69, 9.17) is 23.8 Å². The first kappa shape index (κ1) is 17.6. The second kappa shape index (κ2) is 7.35. The first-order chi connectivity index (χ1) is 12.0. The van der Waals surface area contributed by atoms with Crippen LogP contribution in [0.2, 0.25) is 5.15 Å². The number of thiocarbonyl (C=S) groups is 1. The zero-order valence-corrected chi connectivity index (χ0v) is 15.4. The molecule has 1 aromatic heterocycles. The monoisotopic (exact) mass is 389 g/mol. The Labute approximate surface area is 159 Å². The highest BCUT2D eigenvalue weighted by Crippen LogP contribution is 2.31. The van der Waals surface area contributed by atoms with Crippen molar-refractivity contribution in [2.75, 3.05) is 12.4 Å². The molecule has 0 spiro atoms. The van der Waals surface area contributed by atoms with Gasteiger partial charge >= 0.3 is 0 Å². The van der Waals surface area contributed by atoms with Crippen molar-refractivity contribution < 1.29 is 9.59 Å². The summed E-state index contributed by atoms with van der Waals surface area (Å²) in [5, 5.41) is 2.94. The summed E-state index contributed by atoms with van der Waals surface area (Å²) in [6.07, 6.45) is 3.30. The first-order valence-corrected chi connectivity index (χ1v) is 8.79. The van der Waals surface area contributed by atoms with Crippen molar-refractivity contribution in [3.8, 4) is 0 Å². The lowest BCUT2D eigenvalue weighted by Gasteiger charge is -2.06. The van der Waals surface area contributed by atoms with Crippen molar-refractivity contribution in [2.45, 2.75) is 0 Å². The number of aromatic nitrogens is 1. The number of anilines is 1. The van der Waals surface area contributed by atoms with Gasteiger partial charge in [-0.15, -0.1) is 0 Å². The van der Waals surface area contributed by atoms with E-state index in [-0.39, 0.29) is 17.0 Å². The Hall–Kier alpha value is -2.22. The largest absolute Gasteiger partial charge is 0.319 e. The van der Waals surface area contributed by atoms with Crippen LogP contribution in [0, 0.1) is 0 Å². The fourth-order valence-corrected chi connectivity index (χ4v) is 3.45. The SMILES string of the molecule is CN1C(=O)/C(=C\c2ccc(C(=O)Nc3cccnc3Cl)cc2)SC1=S. The molecule has 0 atom stereocenters. The van der Waals surface area contributed by atoms with Gasteiger partial charge in [0.2, 0.25) is 0 Å². The molecule has 8 heteroatoms. The number of likely N-dealkylation sites (N-methyl/N-ethyl adjacent to an activating group) is 1. The number of carbonyl (C=O) groups is 2. The number of hydrogen-bond donors (Lipinski definition) is 1. The van der Waals surface area contributed by atoms with Gasteiger partial charge in [-0.3, -0.25) is 14.5 Å². The van der Waals surface area contributed by atoms with E-state index in [0.29, 0.717) is 20.5 Å². The maximum atomic E-state index is 12.3. The summed E-state index contributed by atoms with van der Waals surface area (Å²) in [5.74, 6) is -0.413. The van der Waals surface area contributed by atoms with E-state index in [1.807, 2.05) is 0 Å². The van der Waals surface area contributed by atoms with Crippen LogP contribution < -0.4 is 5.32 Å². The molecule has 0 aliphatic carbocycles. The summed E-state index contributed by atoms with van der Waals surface area (Å²) in [5.41, 5.74) is 1.73. The molecule has 1 aliphatic heterocycles. The van der Waals surface area contributed by atoms with Gasteiger partial charge in [0, 0.05) is 18.8 Å². The summed E-state index contributed by atoms with van der Waals surface area (Å²) in [6.45, 7) is 0. The molecule has 3 rings (SSSR count). The van der Waals surface area contributed by atoms with Gasteiger partial charge < -0.3 is 5.32 Å². The van der Waals surface area contributed by atoms with E-state index in [2.05, 4.69) is 10.3 Å². The third kappa shape index (κ3) is 3.89. The Morgan fingerprint density at radius 3 is 2.64 bits per heavy atom. The van der Waals surface area contributed by atoms with Gasteiger partial charge in [0.1, 0.15) is 4.32 Å². The van der Waals surface area contributed by atoms with Crippen molar-refractivity contribution in [2.24, 2.45) is 0 Å². The highest BCUT2D eigenvalue weighted by molar-refractivity contribution is 8.26. The number of rotatable bonds is 3. The lowest BCUT2D eigenvalue weighted by Crippen LogP contribution is -2.22. The Bertz CT molecular complexity index is 897. The summed E-state index contributed by atoms with van der Waals surface area (Å²) < 4.78 is 0.528. The molecular weight excluding hydrogens is 378 g/mol. The van der Waals surface area contributed by atoms with E-state index in [0.717, 1.165) is 5.56 Å². The van der Waals surface area contributed by atoms with Crippen LogP contribution in [-0.4, -0.2) is 33.1 Å². The van der Waals surface area contributed by atoms with Gasteiger partial charge in [0.15, 0.2) is 5.15 Å². The predicted molar refractivity (Wildman–Crippen MR) is 105 cm³/mol. The number of amides is 2. The number of halogens is 1. The van der Waals surface area contributed by atoms with E-state index >= 15 is 0 Å². The predicted octanol–water partition coefficient (Wildman–Crippen LogP) is 3.82. The van der Waals surface area contributed by atoms with Crippen LogP contribution in [0.3, 0.4) is 0 Å². The minimum absolute atomic E-state index is 0.122. The standard InChI is InChI=1S/C17H12ClN3O2S2/c1-21-16(23)13(25-17(21)24)9-10-4-6-11(7-5-10)15(22)20-12-3-2-8-19-14(12)18/h2-9H,1H3,(H,20,22)/b13-9+. The molecular formula is C17H12ClN3O2S2. The second-order valence-electron chi connectivity index (χ2n) is 5.16. The molecule has 1 N–H and O–H groups in total. The number of thioether (sulfide) groups is 1. The maximum absolute atomic E-state index is 12.3. The molecule has 1 saturated heterocycles. The Balaban J connectivity index is 1.74. The molecule has 2 heterocycles. The van der Waals surface area contributed by atoms with Gasteiger partial charge in [-0.25, -0.2) is 4.98 Å². The first-order valence-electron chi connectivity index (χ1n) is 7.19. The fourth-order valence-electron chi connectivity index (χ4n) is 2.10. The van der Waals surface area contributed by atoms with Gasteiger partial charge in [0.25, 0.3) is 11.8 Å². The molecule has 2 amide bonds. The van der Waals surface area contributed by atoms with Crippen LogP contribution >= 0.6 is 35.6 Å². The molecule has 0 radical (unpaired) electrons. The molecule has 126 valence electrons. The number of carbonyl (C=O) groups excluding carboxylic acids is 2. The van der Waals surface area contributed by atoms with Gasteiger partial charge in [0.05, 0.1) is 10.6 Å². The normalized spacial score (nSPS) is 15.8. The number of nitrogens with one attached hydrogen (secondary N) is 1. The zero-order valence-electron chi connectivity index (χ0n) is 13.0. The lowest BCUT2D eigenvalue weighted by atomic mass is 10.1. The van der Waals surface area contributed by atoms with Crippen LogP contribution in [0.5, 0.6) is 0 Å². The van der Waals surface area contributed by atoms with E-state index in [1.165, 1.54) is 16.7 Å². The van der Waals surface area contributed by atoms with Crippen LogP contribution in [0.4, 0.5) is 5.69 Å². The molecule has 0 bridgehead atoms. The van der Waals surface area contributed by atoms with Gasteiger partial charge in [-0.05, 0) is 35.9 Å². The van der Waals surface area contributed by atoms with Crippen molar-refractivity contribution in [3.63, 3.8) is 0 Å². The quantitative estimate of drug-likeness (QED) is 0.491. The van der Waals surface area contributed by atoms with E-state index in [1.54, 1.807) is 55.7 Å². The van der Waals surface area contributed by atoms with Crippen LogP contribution in [0.1, 0.15) is 15.9 Å². The molecule has 25 heavy (non-hydrogen) atoms. The Kier molecular flexibility index (Phi) is 5.17. The van der Waals surface area contributed by atoms with E-state index in [9.17, 15) is 9.59 Å². The number of benzene rings is 1. The van der Waals surface area contributed by atoms with Gasteiger partial charge in [-0.2, -0.15) is 0 Å². The van der Waals surface area contributed by atoms with Crippen LogP contribution in [0.25, 0.3) is 6.08 Å². The van der Waals surface area contributed by atoms with Crippen molar-refractivity contribution in [3.05, 3.63) is 63.8 Å². The average Bonchev–Trinajstić information content (AvgIpc) is 2.84. The molecule has 2 aromatic rings. The topological polar surface area (TPSA) is 62.3 Å². The summed E-state index contributed by atoms with van der Waals surface area (Å²) in [4.78, 5) is 30.2. The molecule has 1 fully saturated rings. The summed E-state index contributed by atoms with van der Waals surface area (Å²) in [6, 6.07) is 10.3. The van der Waals surface area contributed by atoms with Gasteiger partial charge in [-0.1, -0.05) is 47.7 Å². The zero-order chi connectivity index (χ0) is 18.0. The summed E-state index contributed by atoms with van der Waals surface area (Å²) in [7, 11) is 1.65. The number of nitrogens with zero attached hydrogens (tertiary/aromatic N) is 2. The highest BCUT2D eigenvalue weighted by Gasteiger charge is 2.28. The molecule has 0 saturated carbocycles. The van der Waals surface area contributed by atoms with Crippen LogP contribution in [-0.2, 0) is 4.79 Å².